The summed E-state index contributed by atoms with van der Waals surface area (Å²) in [4.78, 5) is 143. The van der Waals surface area contributed by atoms with E-state index in [4.69, 9.17) is 89.9 Å². The molecule has 0 bridgehead atoms. The number of nitro groups is 1. The Kier molecular flexibility index (Phi) is 92.7. The molecular formula is C91H144BBrCl3F3MgN24Na3O23. The first-order valence-corrected chi connectivity index (χ1v) is 44.8. The molecule has 9 N–H and O–H groups in total. The molecule has 12 heterocycles. The third-order valence-corrected chi connectivity index (χ3v) is 18.5. The third-order valence-electron chi connectivity index (χ3n) is 18.3. The minimum absolute atomic E-state index is 0. The predicted octanol–water partition coefficient (Wildman–Crippen LogP) is 0.141. The minimum atomic E-state index is -5.08. The Morgan fingerprint density at radius 1 is 0.587 bits per heavy atom. The Balaban J connectivity index is -0.000000143. The van der Waals surface area contributed by atoms with Gasteiger partial charge in [-0.3, -0.25) is 77.4 Å². The second-order valence-corrected chi connectivity index (χ2v) is 31.5. The molecule has 10 aromatic rings. The van der Waals surface area contributed by atoms with Gasteiger partial charge in [0.2, 0.25) is 0 Å². The average Bonchev–Trinajstić information content (AvgIpc) is 1.64. The summed E-state index contributed by atoms with van der Waals surface area (Å²) in [6, 6.07) is 26.4. The average molecular weight is 2290 g/mol. The van der Waals surface area contributed by atoms with Crippen LogP contribution in [0.5, 0.6) is 0 Å². The number of H-pyrrole nitrogens is 3. The molecule has 5 amide bonds. The van der Waals surface area contributed by atoms with Gasteiger partial charge in [0.15, 0.2) is 34.7 Å². The van der Waals surface area contributed by atoms with Crippen molar-refractivity contribution in [3.05, 3.63) is 182 Å². The van der Waals surface area contributed by atoms with Gasteiger partial charge in [0.05, 0.1) is 64.3 Å². The largest absolute Gasteiger partial charge is 2.00 e. The van der Waals surface area contributed by atoms with Gasteiger partial charge >= 0.3 is 136 Å². The number of aliphatic hydroxyl groups excluding tert-OH is 2. The summed E-state index contributed by atoms with van der Waals surface area (Å²) >= 11 is 14.9. The number of anilines is 1. The van der Waals surface area contributed by atoms with Crippen molar-refractivity contribution < 1.29 is 229 Å². The Bertz CT molecular complexity index is 5480. The van der Waals surface area contributed by atoms with Crippen LogP contribution in [0.25, 0.3) is 23.3 Å². The maximum absolute atomic E-state index is 12.4. The summed E-state index contributed by atoms with van der Waals surface area (Å²) in [7, 11) is 13.6. The molecule has 2 aliphatic heterocycles. The number of ketones is 3. The molecule has 0 saturated carbocycles. The van der Waals surface area contributed by atoms with E-state index in [2.05, 4.69) is 143 Å². The molecule has 59 heteroatoms. The van der Waals surface area contributed by atoms with Gasteiger partial charge in [-0.1, -0.05) is 26.4 Å². The number of nitrogen functional groups attached to an aromatic ring is 1. The molecule has 150 heavy (non-hydrogen) atoms. The molecule has 823 valence electrons. The molecule has 47 nitrogen and oxygen atoms in total. The smallest absolute Gasteiger partial charge is 1.00 e. The van der Waals surface area contributed by atoms with E-state index in [1.54, 1.807) is 36.4 Å². The quantitative estimate of drug-likeness (QED) is 0.00583. The first-order chi connectivity index (χ1) is 66.8. The van der Waals surface area contributed by atoms with Crippen LogP contribution in [0.2, 0.25) is 0 Å². The Morgan fingerprint density at radius 3 is 1.23 bits per heavy atom. The van der Waals surface area contributed by atoms with E-state index in [1.165, 1.54) is 91.7 Å². The number of aliphatic carboxylic acids is 1. The number of fused-ring (bicyclic) bond motifs is 1. The van der Waals surface area contributed by atoms with Crippen molar-refractivity contribution in [2.24, 2.45) is 4.99 Å². The van der Waals surface area contributed by atoms with Crippen LogP contribution >= 0.6 is 34.8 Å². The van der Waals surface area contributed by atoms with Gasteiger partial charge in [0.25, 0.3) is 30.1 Å². The molecule has 0 spiro atoms. The molecule has 10 aromatic heterocycles. The van der Waals surface area contributed by atoms with Crippen LogP contribution in [-0.2, 0) is 72.5 Å². The van der Waals surface area contributed by atoms with Gasteiger partial charge < -0.3 is 111 Å². The number of aromatic nitrogens is 16. The van der Waals surface area contributed by atoms with Crippen molar-refractivity contribution in [1.29, 1.82) is 0 Å². The molecule has 2 aliphatic rings. The SMILES string of the molecule is C.C1CCOC1.CC(=O)CCC(C)=O.CC(C)(C)OC(=O)NCCCl.CC1=NCCn2nc(-n3c(C)ccc3C)cc21.CCCn1nc(-n2c(C)ccc2C)cc1C(=O)N(C)OC.CCCn1nc(-n2c(C)ccc2C)cc1C(C)=O.CO.CO.CON(C)C(=O)c1cc(-n2c(C)ccc2C)n[nH]1.CON(C)C(=O)c1cc(N)n[nH]1.CON(C)C(=O)c1cc([N+](=O)[O-])[nH]n1.ClCCl.O=C(O)C(F)(F)F.O=CO[O-].[B].[Br-].[CH3-].[H-].[H-].[Mg+2].[Na+].[Na+].[Na+]. The molecule has 0 atom stereocenters. The van der Waals surface area contributed by atoms with Crippen molar-refractivity contribution in [1.82, 2.24) is 104 Å². The van der Waals surface area contributed by atoms with Gasteiger partial charge in [-0.2, -0.15) is 38.7 Å². The number of nitrogens with one attached hydrogen (secondary N) is 4. The van der Waals surface area contributed by atoms with E-state index in [-0.39, 0.29) is 219 Å². The van der Waals surface area contributed by atoms with Crippen LogP contribution in [0.1, 0.15) is 215 Å². The second kappa shape index (κ2) is 86.3. The van der Waals surface area contributed by atoms with Crippen LogP contribution < -0.4 is 122 Å². The topological polar surface area (TPSA) is 585 Å². The van der Waals surface area contributed by atoms with Crippen molar-refractivity contribution in [2.45, 2.75) is 195 Å². The number of rotatable bonds is 24. The zero-order chi connectivity index (χ0) is 109. The van der Waals surface area contributed by atoms with E-state index in [0.717, 1.165) is 144 Å². The van der Waals surface area contributed by atoms with Gasteiger partial charge in [-0.25, -0.2) is 29.8 Å². The zero-order valence-electron chi connectivity index (χ0n) is 92.8. The zero-order valence-corrected chi connectivity index (χ0v) is 102. The predicted molar refractivity (Wildman–Crippen MR) is 549 cm³/mol. The number of carboxylic acid groups (broad SMARTS) is 1. The summed E-state index contributed by atoms with van der Waals surface area (Å²) in [6.07, 6.45) is -0.282. The molecule has 0 aliphatic carbocycles. The molecule has 12 rings (SSSR count). The number of aliphatic imine (C=N–C) groups is 1. The van der Waals surface area contributed by atoms with Crippen LogP contribution in [0, 0.1) is 72.9 Å². The number of hydrogen-bond donors (Lipinski definition) is 8. The Labute approximate surface area is 986 Å². The van der Waals surface area contributed by atoms with E-state index >= 15 is 0 Å². The number of hydroxylamine groups is 8. The number of nitrogens with zero attached hydrogens (tertiary/aromatic N) is 19. The maximum Gasteiger partial charge on any atom is 2.00 e. The number of hydrogen-bond acceptors (Lipinski definition) is 30. The fraction of sp³-hybridized carbons (Fsp3) is 0.495. The standard InChI is InChI=1S/C15H22N4O2.C14H19N3O.C13H16N4.C12H16N4O2.C7H14ClNO2.C6H8N4O4.C6H10N4O2.C6H10O2.C4H8O.C2HF3O2.CH2Cl2.CH2O3.2CH4O.CH4.CH3.B.BrH.Mg.3Na.2H/c1-6-9-18-13(15(20)17(4)21-5)10-14(16-18)19-11(2)7-8-12(19)3;1-5-8-16-13(12(4)18)9-14(15-16)17-10(2)6-7-11(17)3;1-9-4-5-10(2)17(9)13-8-12-11(3)14-6-7-16(12)15-13;1-8-5-6-9(2)16(8)11-7-10(13-14-11)12(17)15(3)18-4;1-7(2,3)11-6(10)9-5-4-8;1-9(14-2)6(11)4-3-5(8-7-4)10(12)13;1-10(12-2)6(11)4-3-5(7)9-8-4;1-5(7)3-4-6(2)8;1-2-4-5-3-1;3-2(4,5)1(6)7;2-1-3;2-1-4-3;2*1-2;;;;;;;;;;/h7-8,10H,6,9H2,1-5H3;6-7,9H,5,8H2,1-4H3;4-5,8H,6-7H2,1-3H3;5-7H,1-4H3,(H,13,14);4-5H2,1-3H3,(H,9,10);3H,1-2H3,(H,7,8);3H,1-2H3,(H3,7,8,9);3-4H2,1-2H3;1-4H2;(H,6,7);1H2;1,3H;2*2H,1H3;1H4;1H3;;1H;;;;;;/q;;;;;;;;;;;;;;;-1;;;+2;3*+1;2*-1/p-2. The minimum Gasteiger partial charge on any atom is -1.00 e. The van der Waals surface area contributed by atoms with Gasteiger partial charge in [-0.05, 0) is 176 Å². The van der Waals surface area contributed by atoms with E-state index < -0.39 is 34.7 Å². The fourth-order valence-corrected chi connectivity index (χ4v) is 11.6. The van der Waals surface area contributed by atoms with Gasteiger partial charge in [0.1, 0.15) is 45.8 Å². The number of aromatic amines is 3. The number of amides is 5. The monoisotopic (exact) mass is 2290 g/mol. The van der Waals surface area contributed by atoms with Gasteiger partial charge in [0, 0.05) is 185 Å². The van der Waals surface area contributed by atoms with Crippen molar-refractivity contribution in [2.75, 3.05) is 114 Å². The number of nitrogens with two attached hydrogens (primary N) is 1. The number of alkyl carbamates (subject to hydrolysis) is 1. The van der Waals surface area contributed by atoms with Crippen molar-refractivity contribution in [3.63, 3.8) is 0 Å². The number of carbonyl (C=O) groups is 10. The first-order valence-electron chi connectivity index (χ1n) is 43.2. The van der Waals surface area contributed by atoms with Crippen LogP contribution in [0.4, 0.5) is 29.6 Å². The number of aliphatic hydroxyl groups is 2. The van der Waals surface area contributed by atoms with Crippen LogP contribution in [-0.4, -0.2) is 336 Å². The van der Waals surface area contributed by atoms with E-state index in [0.29, 0.717) is 60.4 Å². The molecular weight excluding hydrogens is 2140 g/mol. The van der Waals surface area contributed by atoms with Crippen LogP contribution in [0.3, 0.4) is 0 Å². The fourth-order valence-electron chi connectivity index (χ4n) is 11.5. The summed E-state index contributed by atoms with van der Waals surface area (Å²) in [5.74, 6) is -0.244. The van der Waals surface area contributed by atoms with E-state index in [9.17, 15) is 61.6 Å². The van der Waals surface area contributed by atoms with Crippen molar-refractivity contribution in [3.8, 4) is 23.3 Å². The summed E-state index contributed by atoms with van der Waals surface area (Å²) < 4.78 is 55.5. The second-order valence-electron chi connectivity index (χ2n) is 30.3. The first kappa shape index (κ1) is 161. The molecule has 1 fully saturated rings. The summed E-state index contributed by atoms with van der Waals surface area (Å²) in [5.41, 5.74) is 17.9. The maximum atomic E-state index is 12.4. The van der Waals surface area contributed by atoms with Gasteiger partial charge in [-0.15, -0.1) is 39.9 Å². The Hall–Kier alpha value is -9.00. The number of carboxylic acids is 1. The molecule has 0 aromatic carbocycles. The third kappa shape index (κ3) is 58.9. The summed E-state index contributed by atoms with van der Waals surface area (Å²) in [6.45, 7) is 37.9. The molecule has 0 unspecified atom stereocenters. The van der Waals surface area contributed by atoms with E-state index in [1.807, 2.05) is 115 Å². The number of aryl methyl sites for hydroxylation is 10. The number of alkyl halides is 6. The molecule has 1 saturated heterocycles. The number of halogens is 7. The van der Waals surface area contributed by atoms with Crippen molar-refractivity contribution >= 4 is 143 Å². The number of Topliss-reactive ketones (excluding diaryl/α,β-unsaturated/α-hetero) is 3. The number of carbonyl (C=O) groups excluding carboxylic acids is 9. The number of ether oxygens (including phenoxy) is 2. The molecule has 3 radical (unpaired) electrons. The normalized spacial score (nSPS) is 10.4. The van der Waals surface area contributed by atoms with Crippen LogP contribution in [0.15, 0.2) is 89.9 Å². The summed E-state index contributed by atoms with van der Waals surface area (Å²) in [5, 5.41) is 79.2. The Morgan fingerprint density at radius 2 is 0.933 bits per heavy atom.